The second-order valence-corrected chi connectivity index (χ2v) is 7.46. The van der Waals surface area contributed by atoms with Crippen LogP contribution in [0.3, 0.4) is 0 Å². The van der Waals surface area contributed by atoms with Crippen LogP contribution < -0.4 is 5.32 Å². The molecule has 1 saturated heterocycles. The summed E-state index contributed by atoms with van der Waals surface area (Å²) >= 11 is 1.30. The molecule has 0 atom stereocenters. The second kappa shape index (κ2) is 9.37. The number of nitrogens with zero attached hydrogens (tertiary/aromatic N) is 1. The topological polar surface area (TPSA) is 67.8 Å². The molecular weight excluding hydrogens is 372 g/mol. The predicted octanol–water partition coefficient (Wildman–Crippen LogP) is 4.84. The first-order valence-corrected chi connectivity index (χ1v) is 10.0. The predicted molar refractivity (Wildman–Crippen MR) is 114 cm³/mol. The van der Waals surface area contributed by atoms with Crippen LogP contribution in [0.15, 0.2) is 58.4 Å². The summed E-state index contributed by atoms with van der Waals surface area (Å²) in [7, 11) is 0. The Balaban J connectivity index is 1.66. The fourth-order valence-corrected chi connectivity index (χ4v) is 3.32. The Morgan fingerprint density at radius 2 is 1.86 bits per heavy atom. The molecular formula is C22H22N2O3S. The molecule has 1 heterocycles. The highest BCUT2D eigenvalue weighted by Crippen LogP contribution is 2.28. The number of hydrogen-bond acceptors (Lipinski definition) is 5. The summed E-state index contributed by atoms with van der Waals surface area (Å²) in [5.74, 6) is -0.500. The Bertz CT molecular complexity index is 916. The van der Waals surface area contributed by atoms with Crippen molar-refractivity contribution in [1.29, 1.82) is 0 Å². The van der Waals surface area contributed by atoms with Crippen molar-refractivity contribution in [3.8, 4) is 0 Å². The molecule has 0 spiro atoms. The van der Waals surface area contributed by atoms with E-state index in [4.69, 9.17) is 4.74 Å². The lowest BCUT2D eigenvalue weighted by molar-refractivity contribution is -0.115. The van der Waals surface area contributed by atoms with E-state index in [9.17, 15) is 9.59 Å². The lowest BCUT2D eigenvalue weighted by Crippen LogP contribution is -2.19. The number of unbranched alkanes of at least 4 members (excludes halogenated alkanes) is 1. The quantitative estimate of drug-likeness (QED) is 0.432. The zero-order valence-electron chi connectivity index (χ0n) is 15.9. The molecule has 1 fully saturated rings. The molecule has 0 saturated carbocycles. The molecule has 3 rings (SSSR count). The third-order valence-electron chi connectivity index (χ3n) is 4.09. The number of thioether (sulfide) groups is 1. The van der Waals surface area contributed by atoms with Gasteiger partial charge in [-0.25, -0.2) is 9.79 Å². The molecule has 144 valence electrons. The van der Waals surface area contributed by atoms with Crippen LogP contribution in [0.1, 0.15) is 41.3 Å². The Labute approximate surface area is 168 Å². The van der Waals surface area contributed by atoms with Crippen LogP contribution in [0.5, 0.6) is 0 Å². The van der Waals surface area contributed by atoms with E-state index in [1.807, 2.05) is 44.2 Å². The largest absolute Gasteiger partial charge is 0.462 e. The van der Waals surface area contributed by atoms with Crippen molar-refractivity contribution < 1.29 is 14.3 Å². The number of amidine groups is 1. The molecule has 1 aliphatic rings. The third-order valence-corrected chi connectivity index (χ3v) is 5.00. The van der Waals surface area contributed by atoms with Crippen LogP contribution in [0.25, 0.3) is 6.08 Å². The third kappa shape index (κ3) is 5.33. The lowest BCUT2D eigenvalue weighted by Gasteiger charge is -2.04. The molecule has 0 radical (unpaired) electrons. The van der Waals surface area contributed by atoms with E-state index in [-0.39, 0.29) is 11.9 Å². The fourth-order valence-electron chi connectivity index (χ4n) is 2.48. The van der Waals surface area contributed by atoms with Crippen molar-refractivity contribution in [1.82, 2.24) is 5.32 Å². The molecule has 2 aromatic rings. The molecule has 1 amide bonds. The summed E-state index contributed by atoms with van der Waals surface area (Å²) in [6.07, 6.45) is 3.68. The van der Waals surface area contributed by atoms with Gasteiger partial charge >= 0.3 is 5.97 Å². The maximum absolute atomic E-state index is 12.2. The Morgan fingerprint density at radius 3 is 2.54 bits per heavy atom. The number of hydrogen-bond donors (Lipinski definition) is 1. The molecule has 5 nitrogen and oxygen atoms in total. The minimum atomic E-state index is -0.334. The lowest BCUT2D eigenvalue weighted by atomic mass is 10.1. The zero-order valence-corrected chi connectivity index (χ0v) is 16.7. The van der Waals surface area contributed by atoms with Gasteiger partial charge in [-0.15, -0.1) is 0 Å². The molecule has 0 unspecified atom stereocenters. The number of benzene rings is 2. The molecule has 1 aliphatic heterocycles. The van der Waals surface area contributed by atoms with Gasteiger partial charge in [0.15, 0.2) is 5.17 Å². The van der Waals surface area contributed by atoms with Crippen LogP contribution in [0, 0.1) is 6.92 Å². The number of carbonyl (C=O) groups is 2. The minimum Gasteiger partial charge on any atom is -0.462 e. The highest BCUT2D eigenvalue weighted by molar-refractivity contribution is 8.18. The standard InChI is InChI=1S/C22H22N2O3S/c1-3-4-13-27-21(26)17-9-11-18(12-10-17)23-22-24-20(25)19(28-22)14-16-7-5-15(2)6-8-16/h5-12,14H,3-4,13H2,1-2H3,(H,23,24,25)/b19-14-. The van der Waals surface area contributed by atoms with Gasteiger partial charge in [-0.3, -0.25) is 4.79 Å². The van der Waals surface area contributed by atoms with E-state index in [2.05, 4.69) is 10.3 Å². The number of amides is 1. The smallest absolute Gasteiger partial charge is 0.338 e. The Morgan fingerprint density at radius 1 is 1.14 bits per heavy atom. The van der Waals surface area contributed by atoms with Gasteiger partial charge in [0, 0.05) is 0 Å². The monoisotopic (exact) mass is 394 g/mol. The number of ether oxygens (including phenoxy) is 1. The van der Waals surface area contributed by atoms with Gasteiger partial charge in [-0.1, -0.05) is 43.2 Å². The number of aryl methyl sites for hydroxylation is 1. The summed E-state index contributed by atoms with van der Waals surface area (Å²) in [5.41, 5.74) is 3.29. The van der Waals surface area contributed by atoms with E-state index in [0.29, 0.717) is 27.9 Å². The van der Waals surface area contributed by atoms with E-state index in [1.54, 1.807) is 24.3 Å². The van der Waals surface area contributed by atoms with Crippen molar-refractivity contribution >= 4 is 40.6 Å². The first-order chi connectivity index (χ1) is 13.5. The molecule has 0 aliphatic carbocycles. The van der Waals surface area contributed by atoms with Crippen LogP contribution in [-0.4, -0.2) is 23.7 Å². The molecule has 6 heteroatoms. The van der Waals surface area contributed by atoms with Crippen molar-refractivity contribution in [2.75, 3.05) is 6.61 Å². The van der Waals surface area contributed by atoms with Gasteiger partial charge in [-0.2, -0.15) is 0 Å². The van der Waals surface area contributed by atoms with Gasteiger partial charge in [0.2, 0.25) is 0 Å². The SMILES string of the molecule is CCCCOC(=O)c1ccc(N=C2NC(=O)/C(=C/c3ccc(C)cc3)S2)cc1. The average Bonchev–Trinajstić information content (AvgIpc) is 3.03. The maximum atomic E-state index is 12.2. The van der Waals surface area contributed by atoms with Gasteiger partial charge in [-0.05, 0) is 61.0 Å². The summed E-state index contributed by atoms with van der Waals surface area (Å²) in [5, 5.41) is 3.29. The molecule has 0 bridgehead atoms. The number of esters is 1. The first kappa shape index (κ1) is 19.9. The van der Waals surface area contributed by atoms with Crippen molar-refractivity contribution in [2.45, 2.75) is 26.7 Å². The molecule has 28 heavy (non-hydrogen) atoms. The summed E-state index contributed by atoms with van der Waals surface area (Å²) in [6, 6.07) is 14.8. The van der Waals surface area contributed by atoms with Crippen molar-refractivity contribution in [3.63, 3.8) is 0 Å². The summed E-state index contributed by atoms with van der Waals surface area (Å²) < 4.78 is 5.19. The zero-order chi connectivity index (χ0) is 19.9. The number of nitrogens with one attached hydrogen (secondary N) is 1. The minimum absolute atomic E-state index is 0.166. The van der Waals surface area contributed by atoms with Crippen molar-refractivity contribution in [2.24, 2.45) is 4.99 Å². The van der Waals surface area contributed by atoms with Gasteiger partial charge in [0.1, 0.15) is 0 Å². The fraction of sp³-hybridized carbons (Fsp3) is 0.227. The van der Waals surface area contributed by atoms with Crippen LogP contribution in [0.2, 0.25) is 0 Å². The highest BCUT2D eigenvalue weighted by Gasteiger charge is 2.23. The number of aliphatic imine (C=N–C) groups is 1. The van der Waals surface area contributed by atoms with Crippen LogP contribution >= 0.6 is 11.8 Å². The normalized spacial score (nSPS) is 16.4. The number of rotatable bonds is 6. The van der Waals surface area contributed by atoms with E-state index in [0.717, 1.165) is 18.4 Å². The molecule has 1 N–H and O–H groups in total. The van der Waals surface area contributed by atoms with E-state index >= 15 is 0 Å². The first-order valence-electron chi connectivity index (χ1n) is 9.18. The van der Waals surface area contributed by atoms with Gasteiger partial charge in [0.05, 0.1) is 22.8 Å². The average molecular weight is 394 g/mol. The van der Waals surface area contributed by atoms with Crippen molar-refractivity contribution in [3.05, 3.63) is 70.1 Å². The highest BCUT2D eigenvalue weighted by atomic mass is 32.2. The Kier molecular flexibility index (Phi) is 6.66. The van der Waals surface area contributed by atoms with Crippen LogP contribution in [-0.2, 0) is 9.53 Å². The maximum Gasteiger partial charge on any atom is 0.338 e. The molecule has 2 aromatic carbocycles. The van der Waals surface area contributed by atoms with Gasteiger partial charge < -0.3 is 10.1 Å². The van der Waals surface area contributed by atoms with E-state index in [1.165, 1.54) is 17.3 Å². The number of carbonyl (C=O) groups excluding carboxylic acids is 2. The summed E-state index contributed by atoms with van der Waals surface area (Å²) in [4.78, 5) is 29.1. The van der Waals surface area contributed by atoms with E-state index < -0.39 is 0 Å². The summed E-state index contributed by atoms with van der Waals surface area (Å²) in [6.45, 7) is 4.50. The van der Waals surface area contributed by atoms with Gasteiger partial charge in [0.25, 0.3) is 5.91 Å². The second-order valence-electron chi connectivity index (χ2n) is 6.43. The van der Waals surface area contributed by atoms with Crippen LogP contribution in [0.4, 0.5) is 5.69 Å². The Hall–Kier alpha value is -2.86. The molecule has 0 aromatic heterocycles.